The molecule has 1 aliphatic rings. The number of hydrogen-bond donors (Lipinski definition) is 2. The van der Waals surface area contributed by atoms with Crippen LogP contribution in [-0.4, -0.2) is 59.1 Å². The number of aromatic nitrogens is 1. The maximum atomic E-state index is 13.3. The minimum absolute atomic E-state index is 0.00926. The average molecular weight is 447 g/mol. The Kier molecular flexibility index (Phi) is 5.86. The molecule has 1 amide bonds. The molecule has 0 aliphatic carbocycles. The number of H-pyrrole nitrogens is 1. The number of nitrogens with zero attached hydrogens (tertiary/aromatic N) is 1. The normalized spacial score (nSPS) is 13.7. The summed E-state index contributed by atoms with van der Waals surface area (Å²) in [7, 11) is 1.29. The van der Waals surface area contributed by atoms with E-state index < -0.39 is 11.5 Å². The maximum Gasteiger partial charge on any atom is 0.338 e. The zero-order chi connectivity index (χ0) is 23.8. The number of esters is 1. The first-order chi connectivity index (χ1) is 15.7. The zero-order valence-corrected chi connectivity index (χ0v) is 18.7. The van der Waals surface area contributed by atoms with Gasteiger partial charge < -0.3 is 14.6 Å². The number of nitrogens with one attached hydrogen (secondary N) is 2. The number of Topliss-reactive ketones (excluding diaryl/α,β-unsaturated/α-hetero) is 2. The van der Waals surface area contributed by atoms with E-state index in [4.69, 9.17) is 4.74 Å². The highest BCUT2D eigenvalue weighted by atomic mass is 16.5. The molecular weight excluding hydrogens is 422 g/mol. The van der Waals surface area contributed by atoms with Crippen molar-refractivity contribution < 1.29 is 23.9 Å². The Morgan fingerprint density at radius 3 is 2.48 bits per heavy atom. The van der Waals surface area contributed by atoms with E-state index in [-0.39, 0.29) is 37.1 Å². The summed E-state index contributed by atoms with van der Waals surface area (Å²) in [5, 5.41) is 3.54. The molecule has 2 aromatic carbocycles. The number of rotatable bonds is 6. The second-order valence-electron chi connectivity index (χ2n) is 8.55. The molecule has 2 N–H and O–H groups in total. The van der Waals surface area contributed by atoms with Crippen LogP contribution in [0.5, 0.6) is 0 Å². The summed E-state index contributed by atoms with van der Waals surface area (Å²) in [5.41, 5.74) is 1.43. The Bertz CT molecular complexity index is 1260. The fourth-order valence-electron chi connectivity index (χ4n) is 4.15. The van der Waals surface area contributed by atoms with Crippen molar-refractivity contribution in [1.29, 1.82) is 0 Å². The fraction of sp³-hybridized carbons (Fsp3) is 0.280. The molecule has 0 radical (unpaired) electrons. The van der Waals surface area contributed by atoms with E-state index >= 15 is 0 Å². The van der Waals surface area contributed by atoms with Crippen molar-refractivity contribution in [3.63, 3.8) is 0 Å². The van der Waals surface area contributed by atoms with Gasteiger partial charge in [0.15, 0.2) is 11.6 Å². The molecule has 0 saturated heterocycles. The van der Waals surface area contributed by atoms with E-state index in [0.29, 0.717) is 33.3 Å². The van der Waals surface area contributed by atoms with Gasteiger partial charge in [0.2, 0.25) is 5.91 Å². The molecule has 0 bridgehead atoms. The van der Waals surface area contributed by atoms with Gasteiger partial charge >= 0.3 is 5.97 Å². The van der Waals surface area contributed by atoms with Crippen LogP contribution < -0.4 is 5.32 Å². The molecule has 8 heteroatoms. The summed E-state index contributed by atoms with van der Waals surface area (Å²) < 4.78 is 4.86. The lowest BCUT2D eigenvalue weighted by molar-refractivity contribution is -0.137. The Morgan fingerprint density at radius 2 is 1.79 bits per heavy atom. The number of carbonyl (C=O) groups is 4. The first kappa shape index (κ1) is 22.4. The monoisotopic (exact) mass is 447 g/mol. The molecule has 33 heavy (non-hydrogen) atoms. The molecule has 3 aromatic rings. The van der Waals surface area contributed by atoms with Gasteiger partial charge in [-0.05, 0) is 26.0 Å². The largest absolute Gasteiger partial charge is 0.465 e. The number of methoxy groups -OCH3 is 1. The number of amides is 1. The molecular formula is C25H25N3O5. The molecule has 170 valence electrons. The van der Waals surface area contributed by atoms with E-state index in [0.717, 1.165) is 0 Å². The van der Waals surface area contributed by atoms with E-state index in [1.165, 1.54) is 12.0 Å². The maximum absolute atomic E-state index is 13.3. The van der Waals surface area contributed by atoms with Crippen LogP contribution in [0.25, 0.3) is 10.9 Å². The predicted molar refractivity (Wildman–Crippen MR) is 122 cm³/mol. The summed E-state index contributed by atoms with van der Waals surface area (Å²) in [6, 6.07) is 13.9. The number of hydrogen-bond acceptors (Lipinski definition) is 6. The van der Waals surface area contributed by atoms with Crippen LogP contribution in [0, 0.1) is 0 Å². The van der Waals surface area contributed by atoms with Gasteiger partial charge in [-0.3, -0.25) is 19.7 Å². The van der Waals surface area contributed by atoms with Gasteiger partial charge in [-0.2, -0.15) is 0 Å². The third-order valence-corrected chi connectivity index (χ3v) is 5.88. The van der Waals surface area contributed by atoms with Crippen molar-refractivity contribution in [3.05, 3.63) is 70.9 Å². The number of ether oxygens (including phenoxy) is 1. The van der Waals surface area contributed by atoms with Gasteiger partial charge in [-0.1, -0.05) is 36.4 Å². The topological polar surface area (TPSA) is 109 Å². The quantitative estimate of drug-likeness (QED) is 0.444. The third kappa shape index (κ3) is 4.17. The molecule has 0 atom stereocenters. The SMILES string of the molecule is COC(=O)c1cccc2[nH]c3c(c12)C(=O)CN(C(=O)C(C)(C)NCC(=O)c1ccccc1)C3. The first-order valence-electron chi connectivity index (χ1n) is 10.6. The Balaban J connectivity index is 1.55. The molecule has 8 nitrogen and oxygen atoms in total. The van der Waals surface area contributed by atoms with Crippen LogP contribution in [0.2, 0.25) is 0 Å². The van der Waals surface area contributed by atoms with Gasteiger partial charge in [0.05, 0.1) is 43.4 Å². The molecule has 2 heterocycles. The summed E-state index contributed by atoms with van der Waals surface area (Å²) in [5.74, 6) is -1.21. The Morgan fingerprint density at radius 1 is 1.06 bits per heavy atom. The number of aromatic amines is 1. The van der Waals surface area contributed by atoms with Crippen molar-refractivity contribution in [2.45, 2.75) is 25.9 Å². The highest BCUT2D eigenvalue weighted by molar-refractivity contribution is 6.17. The van der Waals surface area contributed by atoms with Crippen LogP contribution in [0.4, 0.5) is 0 Å². The van der Waals surface area contributed by atoms with Crippen LogP contribution in [0.3, 0.4) is 0 Å². The van der Waals surface area contributed by atoms with E-state index in [1.54, 1.807) is 56.3 Å². The molecule has 1 aliphatic heterocycles. The average Bonchev–Trinajstić information content (AvgIpc) is 3.21. The van der Waals surface area contributed by atoms with Gasteiger partial charge in [0, 0.05) is 22.2 Å². The molecule has 1 aromatic heterocycles. The number of carbonyl (C=O) groups excluding carboxylic acids is 4. The minimum Gasteiger partial charge on any atom is -0.465 e. The van der Waals surface area contributed by atoms with Gasteiger partial charge in [0.1, 0.15) is 0 Å². The highest BCUT2D eigenvalue weighted by Gasteiger charge is 2.37. The standard InChI is InChI=1S/C25H25N3O5/c1-25(2,26-12-19(29)15-8-5-4-6-9-15)24(32)28-13-18-22(20(30)14-28)21-16(23(31)33-3)10-7-11-17(21)27-18/h4-11,26-27H,12-14H2,1-3H3. The van der Waals surface area contributed by atoms with Crippen molar-refractivity contribution in [3.8, 4) is 0 Å². The molecule has 0 spiro atoms. The summed E-state index contributed by atoms with van der Waals surface area (Å²) in [6.07, 6.45) is 0. The summed E-state index contributed by atoms with van der Waals surface area (Å²) in [4.78, 5) is 55.6. The third-order valence-electron chi connectivity index (χ3n) is 5.88. The number of ketones is 2. The fourth-order valence-corrected chi connectivity index (χ4v) is 4.15. The van der Waals surface area contributed by atoms with Gasteiger partial charge in [-0.25, -0.2) is 4.79 Å². The number of benzene rings is 2. The summed E-state index contributed by atoms with van der Waals surface area (Å²) >= 11 is 0. The van der Waals surface area contributed by atoms with E-state index in [1.807, 2.05) is 6.07 Å². The second kappa shape index (κ2) is 8.63. The van der Waals surface area contributed by atoms with Gasteiger partial charge in [-0.15, -0.1) is 0 Å². The molecule has 0 fully saturated rings. The van der Waals surface area contributed by atoms with Crippen LogP contribution in [-0.2, 0) is 16.1 Å². The molecule has 0 saturated carbocycles. The van der Waals surface area contributed by atoms with E-state index in [2.05, 4.69) is 10.3 Å². The predicted octanol–water partition coefficient (Wildman–Crippen LogP) is 2.73. The lowest BCUT2D eigenvalue weighted by atomic mass is 9.96. The molecule has 0 unspecified atom stereocenters. The Labute approximate surface area is 190 Å². The first-order valence-corrected chi connectivity index (χ1v) is 10.6. The van der Waals surface area contributed by atoms with Gasteiger partial charge in [0.25, 0.3) is 0 Å². The Hall–Kier alpha value is -3.78. The zero-order valence-electron chi connectivity index (χ0n) is 18.7. The highest BCUT2D eigenvalue weighted by Crippen LogP contribution is 2.31. The number of fused-ring (bicyclic) bond motifs is 3. The van der Waals surface area contributed by atoms with Crippen LogP contribution in [0.15, 0.2) is 48.5 Å². The lowest BCUT2D eigenvalue weighted by Gasteiger charge is -2.34. The molecule has 4 rings (SSSR count). The second-order valence-corrected chi connectivity index (χ2v) is 8.55. The van der Waals surface area contributed by atoms with Crippen molar-refractivity contribution in [2.24, 2.45) is 0 Å². The van der Waals surface area contributed by atoms with Crippen molar-refractivity contribution in [2.75, 3.05) is 20.2 Å². The minimum atomic E-state index is -1.06. The van der Waals surface area contributed by atoms with Crippen molar-refractivity contribution >= 4 is 34.3 Å². The van der Waals surface area contributed by atoms with Crippen molar-refractivity contribution in [1.82, 2.24) is 15.2 Å². The van der Waals surface area contributed by atoms with Crippen LogP contribution in [0.1, 0.15) is 50.6 Å². The lowest BCUT2D eigenvalue weighted by Crippen LogP contribution is -2.56. The van der Waals surface area contributed by atoms with Crippen LogP contribution >= 0.6 is 0 Å². The smallest absolute Gasteiger partial charge is 0.338 e. The summed E-state index contributed by atoms with van der Waals surface area (Å²) in [6.45, 7) is 3.44. The van der Waals surface area contributed by atoms with E-state index in [9.17, 15) is 19.2 Å².